The maximum atomic E-state index is 5.95. The lowest BCUT2D eigenvalue weighted by atomic mass is 10.0. The summed E-state index contributed by atoms with van der Waals surface area (Å²) in [5.41, 5.74) is 2.14. The molecule has 0 bridgehead atoms. The molecule has 0 saturated heterocycles. The Morgan fingerprint density at radius 1 is 1.37 bits per heavy atom. The summed E-state index contributed by atoms with van der Waals surface area (Å²) < 4.78 is 7.22. The van der Waals surface area contributed by atoms with E-state index in [0.717, 1.165) is 28.6 Å². The summed E-state index contributed by atoms with van der Waals surface area (Å²) >= 11 is 5.95. The molecule has 1 aromatic heterocycles. The molecule has 0 aliphatic heterocycles. The number of ether oxygens (including phenoxy) is 1. The summed E-state index contributed by atoms with van der Waals surface area (Å²) in [6, 6.07) is 7.85. The third-order valence-electron chi connectivity index (χ3n) is 3.05. The summed E-state index contributed by atoms with van der Waals surface area (Å²) in [6.07, 6.45) is 1.73. The van der Waals surface area contributed by atoms with E-state index in [9.17, 15) is 0 Å². The van der Waals surface area contributed by atoms with Gasteiger partial charge in [0.25, 0.3) is 0 Å². The highest BCUT2D eigenvalue weighted by molar-refractivity contribution is 6.30. The van der Waals surface area contributed by atoms with Crippen molar-refractivity contribution in [3.8, 4) is 5.75 Å². The molecule has 0 amide bonds. The molecule has 0 fully saturated rings. The van der Waals surface area contributed by atoms with Gasteiger partial charge in [-0.1, -0.05) is 30.7 Å². The second kappa shape index (κ2) is 6.08. The highest BCUT2D eigenvalue weighted by atomic mass is 35.5. The number of nitrogens with one attached hydrogen (secondary N) is 1. The summed E-state index contributed by atoms with van der Waals surface area (Å²) in [5.74, 6) is 0.781. The molecule has 1 N–H and O–H groups in total. The van der Waals surface area contributed by atoms with Gasteiger partial charge in [0.15, 0.2) is 5.75 Å². The lowest BCUT2D eigenvalue weighted by Gasteiger charge is -2.20. The molecule has 4 nitrogen and oxygen atoms in total. The Balaban J connectivity index is 2.44. The number of methoxy groups -OCH3 is 1. The molecule has 2 aromatic rings. The molecule has 0 radical (unpaired) electrons. The van der Waals surface area contributed by atoms with Gasteiger partial charge in [-0.15, -0.1) is 0 Å². The first-order chi connectivity index (χ1) is 9.17. The molecule has 1 unspecified atom stereocenters. The van der Waals surface area contributed by atoms with Gasteiger partial charge in [-0.05, 0) is 24.2 Å². The second-order valence-corrected chi connectivity index (χ2v) is 4.70. The van der Waals surface area contributed by atoms with Crippen molar-refractivity contribution in [2.24, 2.45) is 7.05 Å². The number of aryl methyl sites for hydroxylation is 1. The number of aromatic nitrogens is 2. The normalized spacial score (nSPS) is 12.4. The zero-order chi connectivity index (χ0) is 13.8. The fraction of sp³-hybridized carbons (Fsp3) is 0.357. The molecule has 0 saturated carbocycles. The molecule has 0 spiro atoms. The van der Waals surface area contributed by atoms with Crippen LogP contribution < -0.4 is 10.1 Å². The molecule has 19 heavy (non-hydrogen) atoms. The van der Waals surface area contributed by atoms with Gasteiger partial charge in [0.05, 0.1) is 19.3 Å². The minimum absolute atomic E-state index is 0.0321. The summed E-state index contributed by atoms with van der Waals surface area (Å²) in [5, 5.41) is 8.44. The van der Waals surface area contributed by atoms with E-state index < -0.39 is 0 Å². The van der Waals surface area contributed by atoms with Crippen LogP contribution >= 0.6 is 11.6 Å². The molecule has 0 aliphatic rings. The van der Waals surface area contributed by atoms with Gasteiger partial charge in [0.2, 0.25) is 0 Å². The largest absolute Gasteiger partial charge is 0.493 e. The van der Waals surface area contributed by atoms with Crippen molar-refractivity contribution in [1.82, 2.24) is 15.1 Å². The number of hydrogen-bond acceptors (Lipinski definition) is 3. The minimum atomic E-state index is 0.0321. The van der Waals surface area contributed by atoms with E-state index in [-0.39, 0.29) is 6.04 Å². The Hall–Kier alpha value is -1.52. The van der Waals surface area contributed by atoms with E-state index >= 15 is 0 Å². The highest BCUT2D eigenvalue weighted by Gasteiger charge is 2.21. The van der Waals surface area contributed by atoms with E-state index in [1.54, 1.807) is 13.3 Å². The van der Waals surface area contributed by atoms with Gasteiger partial charge < -0.3 is 10.1 Å². The highest BCUT2D eigenvalue weighted by Crippen LogP contribution is 2.29. The van der Waals surface area contributed by atoms with E-state index in [1.807, 2.05) is 36.0 Å². The van der Waals surface area contributed by atoms with Crippen LogP contribution in [0.4, 0.5) is 0 Å². The van der Waals surface area contributed by atoms with Crippen LogP contribution in [0.15, 0.2) is 30.5 Å². The van der Waals surface area contributed by atoms with E-state index in [1.165, 1.54) is 0 Å². The van der Waals surface area contributed by atoms with Crippen molar-refractivity contribution in [2.75, 3.05) is 13.7 Å². The van der Waals surface area contributed by atoms with Crippen LogP contribution in [0.5, 0.6) is 5.75 Å². The predicted molar refractivity (Wildman–Crippen MR) is 76.7 cm³/mol. The van der Waals surface area contributed by atoms with Crippen molar-refractivity contribution in [3.63, 3.8) is 0 Å². The van der Waals surface area contributed by atoms with Crippen LogP contribution in [-0.2, 0) is 7.05 Å². The quantitative estimate of drug-likeness (QED) is 0.915. The van der Waals surface area contributed by atoms with Gasteiger partial charge in [0, 0.05) is 12.1 Å². The monoisotopic (exact) mass is 279 g/mol. The summed E-state index contributed by atoms with van der Waals surface area (Å²) in [6.45, 7) is 2.92. The predicted octanol–water partition coefficient (Wildman–Crippen LogP) is 2.78. The molecule has 5 heteroatoms. The van der Waals surface area contributed by atoms with Gasteiger partial charge in [-0.2, -0.15) is 5.10 Å². The second-order valence-electron chi connectivity index (χ2n) is 4.26. The molecule has 1 atom stereocenters. The maximum absolute atomic E-state index is 5.95. The smallest absolute Gasteiger partial charge is 0.161 e. The van der Waals surface area contributed by atoms with Gasteiger partial charge in [0.1, 0.15) is 5.69 Å². The number of hydrogen-bond donors (Lipinski definition) is 1. The standard InChI is InChI=1S/C14H18ClN3O/c1-4-16-13(10-5-7-11(15)8-6-10)14-12(19-3)9-17-18(14)2/h5-9,13,16H,4H2,1-3H3. The Bertz CT molecular complexity index is 536. The average Bonchev–Trinajstić information content (AvgIpc) is 2.78. The molecule has 1 heterocycles. The van der Waals surface area contributed by atoms with Gasteiger partial charge >= 0.3 is 0 Å². The fourth-order valence-electron chi connectivity index (χ4n) is 2.14. The topological polar surface area (TPSA) is 39.1 Å². The Kier molecular flexibility index (Phi) is 4.45. The first-order valence-corrected chi connectivity index (χ1v) is 6.60. The van der Waals surface area contributed by atoms with Crippen molar-refractivity contribution < 1.29 is 4.74 Å². The summed E-state index contributed by atoms with van der Waals surface area (Å²) in [7, 11) is 3.57. The van der Waals surface area contributed by atoms with Crippen LogP contribution in [-0.4, -0.2) is 23.4 Å². The molecule has 0 aliphatic carbocycles. The number of nitrogens with zero attached hydrogens (tertiary/aromatic N) is 2. The zero-order valence-corrected chi connectivity index (χ0v) is 12.1. The Morgan fingerprint density at radius 3 is 2.63 bits per heavy atom. The molecular weight excluding hydrogens is 262 g/mol. The van der Waals surface area contributed by atoms with E-state index in [4.69, 9.17) is 16.3 Å². The average molecular weight is 280 g/mol. The molecule has 2 rings (SSSR count). The van der Waals surface area contributed by atoms with Crippen LogP contribution in [0.1, 0.15) is 24.2 Å². The molecule has 102 valence electrons. The zero-order valence-electron chi connectivity index (χ0n) is 11.4. The van der Waals surface area contributed by atoms with Crippen LogP contribution in [0, 0.1) is 0 Å². The van der Waals surface area contributed by atoms with Crippen LogP contribution in [0.25, 0.3) is 0 Å². The van der Waals surface area contributed by atoms with Crippen molar-refractivity contribution in [3.05, 3.63) is 46.7 Å². The molecule has 1 aromatic carbocycles. The fourth-order valence-corrected chi connectivity index (χ4v) is 2.27. The summed E-state index contributed by atoms with van der Waals surface area (Å²) in [4.78, 5) is 0. The first kappa shape index (κ1) is 13.9. The first-order valence-electron chi connectivity index (χ1n) is 6.22. The molecular formula is C14H18ClN3O. The van der Waals surface area contributed by atoms with Crippen LogP contribution in [0.2, 0.25) is 5.02 Å². The SMILES string of the molecule is CCNC(c1ccc(Cl)cc1)c1c(OC)cnn1C. The number of benzene rings is 1. The van der Waals surface area contributed by atoms with Gasteiger partial charge in [-0.25, -0.2) is 0 Å². The number of halogens is 1. The lowest BCUT2D eigenvalue weighted by Crippen LogP contribution is -2.24. The Labute approximate surface area is 118 Å². The third-order valence-corrected chi connectivity index (χ3v) is 3.31. The van der Waals surface area contributed by atoms with Crippen LogP contribution in [0.3, 0.4) is 0 Å². The van der Waals surface area contributed by atoms with E-state index in [2.05, 4.69) is 17.3 Å². The third kappa shape index (κ3) is 2.91. The maximum Gasteiger partial charge on any atom is 0.161 e. The van der Waals surface area contributed by atoms with Crippen molar-refractivity contribution in [1.29, 1.82) is 0 Å². The minimum Gasteiger partial charge on any atom is -0.493 e. The Morgan fingerprint density at radius 2 is 2.05 bits per heavy atom. The lowest BCUT2D eigenvalue weighted by molar-refractivity contribution is 0.401. The van der Waals surface area contributed by atoms with E-state index in [0.29, 0.717) is 0 Å². The number of rotatable bonds is 5. The van der Waals surface area contributed by atoms with Crippen molar-refractivity contribution >= 4 is 11.6 Å². The van der Waals surface area contributed by atoms with Crippen molar-refractivity contribution in [2.45, 2.75) is 13.0 Å². The van der Waals surface area contributed by atoms with Gasteiger partial charge in [-0.3, -0.25) is 4.68 Å².